The second-order valence-corrected chi connectivity index (χ2v) is 5.90. The number of hydrogen-bond acceptors (Lipinski definition) is 5. The number of nitrogen functional groups attached to an aromatic ring is 2. The quantitative estimate of drug-likeness (QED) is 0.417. The van der Waals surface area contributed by atoms with Gasteiger partial charge in [0.05, 0.1) is 27.4 Å². The van der Waals surface area contributed by atoms with Gasteiger partial charge in [0.2, 0.25) is 0 Å². The minimum absolute atomic E-state index is 0.425. The molecule has 1 heterocycles. The Balaban J connectivity index is 0.000000117. The fourth-order valence-electron chi connectivity index (χ4n) is 2.36. The Morgan fingerprint density at radius 1 is 1.37 bits per heavy atom. The molecule has 0 bridgehead atoms. The van der Waals surface area contributed by atoms with Crippen LogP contribution in [0.15, 0.2) is 53.2 Å². The zero-order valence-electron chi connectivity index (χ0n) is 10.4. The number of allylic oxidation sites excluding steroid dienone is 3. The molecule has 1 fully saturated rings. The lowest BCUT2D eigenvalue weighted by molar-refractivity contribution is 0.959. The van der Waals surface area contributed by atoms with Gasteiger partial charge < -0.3 is 11.2 Å². The maximum absolute atomic E-state index is 5.49. The Kier molecular flexibility index (Phi) is 3.08. The minimum Gasteiger partial charge on any atom is -0.397 e. The van der Waals surface area contributed by atoms with E-state index in [0.29, 0.717) is 10.4 Å². The van der Waals surface area contributed by atoms with Crippen LogP contribution in [-0.2, 0) is 0 Å². The van der Waals surface area contributed by atoms with Crippen molar-refractivity contribution in [2.24, 2.45) is 16.8 Å². The molecule has 1 aromatic rings. The maximum Gasteiger partial charge on any atom is 0.0715 e. The van der Waals surface area contributed by atoms with Crippen molar-refractivity contribution in [3.05, 3.63) is 48.2 Å². The van der Waals surface area contributed by atoms with Crippen molar-refractivity contribution in [3.8, 4) is 0 Å². The molecule has 19 heavy (non-hydrogen) atoms. The van der Waals surface area contributed by atoms with Crippen molar-refractivity contribution < 1.29 is 0 Å². The molecule has 0 radical (unpaired) electrons. The number of anilines is 2. The topological polar surface area (TPSA) is 76.4 Å². The summed E-state index contributed by atoms with van der Waals surface area (Å²) in [6.45, 7) is 0. The van der Waals surface area contributed by atoms with Gasteiger partial charge in [0.15, 0.2) is 0 Å². The molecule has 0 amide bonds. The molecule has 1 aromatic carbocycles. The number of hydrazine groups is 1. The van der Waals surface area contributed by atoms with Crippen molar-refractivity contribution in [1.82, 2.24) is 0 Å². The third kappa shape index (κ3) is 2.15. The molecule has 1 spiro atoms. The second kappa shape index (κ2) is 4.75. The molecule has 1 aliphatic heterocycles. The van der Waals surface area contributed by atoms with Gasteiger partial charge >= 0.3 is 0 Å². The molecule has 98 valence electrons. The molecule has 4 nitrogen and oxygen atoms in total. The number of aliphatic imine (C=N–C) groups is 1. The Morgan fingerprint density at radius 2 is 2.21 bits per heavy atom. The number of nitrogens with two attached hydrogens (primary N) is 2. The number of benzene rings is 1. The summed E-state index contributed by atoms with van der Waals surface area (Å²) in [7, 11) is 0. The fraction of sp³-hybridized carbons (Fsp3) is 0.214. The third-order valence-electron chi connectivity index (χ3n) is 3.56. The molecule has 0 saturated heterocycles. The molecule has 5 N–H and O–H groups in total. The Morgan fingerprint density at radius 3 is 2.89 bits per heavy atom. The van der Waals surface area contributed by atoms with E-state index in [4.69, 9.17) is 11.6 Å². The van der Waals surface area contributed by atoms with Crippen LogP contribution in [0.4, 0.5) is 11.4 Å². The number of rotatable bonds is 1. The van der Waals surface area contributed by atoms with Crippen LogP contribution in [0, 0.1) is 5.92 Å². The van der Waals surface area contributed by atoms with E-state index >= 15 is 0 Å². The van der Waals surface area contributed by atoms with E-state index in [2.05, 4.69) is 28.6 Å². The SMILES string of the molecule is C1=CC2CC23SC=NC3=C1.NNc1ccccc1N. The van der Waals surface area contributed by atoms with Crippen LogP contribution in [-0.4, -0.2) is 10.3 Å². The zero-order chi connectivity index (χ0) is 13.3. The van der Waals surface area contributed by atoms with Crippen molar-refractivity contribution >= 4 is 28.7 Å². The monoisotopic (exact) mass is 272 g/mol. The van der Waals surface area contributed by atoms with Gasteiger partial charge in [-0.15, -0.1) is 11.8 Å². The van der Waals surface area contributed by atoms with Crippen molar-refractivity contribution in [2.45, 2.75) is 11.2 Å². The first-order valence-electron chi connectivity index (χ1n) is 6.17. The van der Waals surface area contributed by atoms with Crippen molar-refractivity contribution in [1.29, 1.82) is 0 Å². The summed E-state index contributed by atoms with van der Waals surface area (Å²) >= 11 is 1.89. The van der Waals surface area contributed by atoms with Gasteiger partial charge in [-0.3, -0.25) is 10.8 Å². The summed E-state index contributed by atoms with van der Waals surface area (Å²) in [5.74, 6) is 5.91. The van der Waals surface area contributed by atoms with E-state index in [1.807, 2.05) is 35.5 Å². The average Bonchev–Trinajstić information content (AvgIpc) is 3.01. The molecule has 2 unspecified atom stereocenters. The average molecular weight is 272 g/mol. The second-order valence-electron chi connectivity index (χ2n) is 4.72. The first kappa shape index (κ1) is 12.3. The molecular weight excluding hydrogens is 256 g/mol. The van der Waals surface area contributed by atoms with E-state index in [1.165, 1.54) is 12.1 Å². The normalized spacial score (nSPS) is 28.7. The predicted molar refractivity (Wildman–Crippen MR) is 82.8 cm³/mol. The van der Waals surface area contributed by atoms with Gasteiger partial charge in [-0.05, 0) is 30.5 Å². The highest BCUT2D eigenvalue weighted by Gasteiger charge is 2.58. The highest BCUT2D eigenvalue weighted by Crippen LogP contribution is 2.63. The summed E-state index contributed by atoms with van der Waals surface area (Å²) in [6.07, 6.45) is 7.87. The fourth-order valence-corrected chi connectivity index (χ4v) is 3.49. The van der Waals surface area contributed by atoms with E-state index in [0.717, 1.165) is 11.6 Å². The Hall–Kier alpha value is -1.72. The molecule has 0 aromatic heterocycles. The van der Waals surface area contributed by atoms with Crippen LogP contribution in [0.25, 0.3) is 0 Å². The smallest absolute Gasteiger partial charge is 0.0715 e. The van der Waals surface area contributed by atoms with E-state index < -0.39 is 0 Å². The summed E-state index contributed by atoms with van der Waals surface area (Å²) in [5, 5.41) is 0. The molecule has 1 saturated carbocycles. The van der Waals surface area contributed by atoms with E-state index in [1.54, 1.807) is 6.07 Å². The van der Waals surface area contributed by atoms with E-state index in [-0.39, 0.29) is 0 Å². The van der Waals surface area contributed by atoms with Gasteiger partial charge in [0, 0.05) is 0 Å². The number of nitrogens with one attached hydrogen (secondary N) is 1. The highest BCUT2D eigenvalue weighted by atomic mass is 32.2. The van der Waals surface area contributed by atoms with Gasteiger partial charge in [0.25, 0.3) is 0 Å². The Labute approximate surface area is 116 Å². The molecule has 5 heteroatoms. The van der Waals surface area contributed by atoms with Gasteiger partial charge in [-0.25, -0.2) is 0 Å². The van der Waals surface area contributed by atoms with Crippen LogP contribution in [0.1, 0.15) is 6.42 Å². The molecule has 2 atom stereocenters. The minimum atomic E-state index is 0.425. The lowest BCUT2D eigenvalue weighted by Crippen LogP contribution is -2.08. The summed E-state index contributed by atoms with van der Waals surface area (Å²) in [6, 6.07) is 7.33. The highest BCUT2D eigenvalue weighted by molar-refractivity contribution is 8.14. The summed E-state index contributed by atoms with van der Waals surface area (Å²) in [5.41, 5.74) is 12.7. The standard InChI is InChI=1S/C8H7NS.C6H9N3/c1-2-6-4-8(6)7(3-1)9-5-10-8;7-5-3-1-2-4-6(5)9-8/h1-3,5-6H,4H2;1-4,9H,7-8H2. The summed E-state index contributed by atoms with van der Waals surface area (Å²) in [4.78, 5) is 4.32. The first-order valence-corrected chi connectivity index (χ1v) is 7.05. The van der Waals surface area contributed by atoms with Crippen LogP contribution < -0.4 is 17.0 Å². The van der Waals surface area contributed by atoms with Crippen molar-refractivity contribution in [2.75, 3.05) is 11.2 Å². The summed E-state index contributed by atoms with van der Waals surface area (Å²) < 4.78 is 0.425. The Bertz CT molecular complexity index is 579. The lowest BCUT2D eigenvalue weighted by Gasteiger charge is -2.08. The molecule has 3 aliphatic rings. The molecule has 2 aliphatic carbocycles. The first-order chi connectivity index (χ1) is 9.26. The molecular formula is C14H16N4S. The predicted octanol–water partition coefficient (Wildman–Crippen LogP) is 2.53. The van der Waals surface area contributed by atoms with Crippen LogP contribution >= 0.6 is 11.8 Å². The maximum atomic E-state index is 5.49. The number of hydrogen-bond donors (Lipinski definition) is 3. The molecule has 4 rings (SSSR count). The third-order valence-corrected chi connectivity index (χ3v) is 4.87. The van der Waals surface area contributed by atoms with Gasteiger partial charge in [-0.1, -0.05) is 24.3 Å². The van der Waals surface area contributed by atoms with Crippen LogP contribution in [0.3, 0.4) is 0 Å². The van der Waals surface area contributed by atoms with Crippen molar-refractivity contribution in [3.63, 3.8) is 0 Å². The zero-order valence-corrected chi connectivity index (χ0v) is 11.2. The van der Waals surface area contributed by atoms with Crippen LogP contribution in [0.5, 0.6) is 0 Å². The number of para-hydroxylation sites is 2. The lowest BCUT2D eigenvalue weighted by atomic mass is 10.1. The van der Waals surface area contributed by atoms with Gasteiger partial charge in [0.1, 0.15) is 0 Å². The van der Waals surface area contributed by atoms with Crippen LogP contribution in [0.2, 0.25) is 0 Å². The number of thioether (sulfide) groups is 1. The van der Waals surface area contributed by atoms with E-state index in [9.17, 15) is 0 Å². The van der Waals surface area contributed by atoms with Gasteiger partial charge in [-0.2, -0.15) is 0 Å². The number of nitrogens with zero attached hydrogens (tertiary/aromatic N) is 1. The largest absolute Gasteiger partial charge is 0.397 e.